The number of rotatable bonds is 12. The van der Waals surface area contributed by atoms with Gasteiger partial charge in [0.1, 0.15) is 0 Å². The van der Waals surface area contributed by atoms with Crippen LogP contribution in [0.5, 0.6) is 0 Å². The maximum absolute atomic E-state index is 10.9. The van der Waals surface area contributed by atoms with Crippen LogP contribution in [-0.4, -0.2) is 24.3 Å². The van der Waals surface area contributed by atoms with Crippen molar-refractivity contribution in [1.82, 2.24) is 0 Å². The van der Waals surface area contributed by atoms with Crippen LogP contribution in [-0.2, 0) is 9.53 Å². The zero-order valence-corrected chi connectivity index (χ0v) is 12.1. The van der Waals surface area contributed by atoms with Crippen molar-refractivity contribution in [2.75, 3.05) is 7.11 Å². The fourth-order valence-electron chi connectivity index (χ4n) is 2.08. The Bertz CT molecular complexity index is 192. The van der Waals surface area contributed by atoms with Crippen LogP contribution in [0.15, 0.2) is 0 Å². The van der Waals surface area contributed by atoms with E-state index in [4.69, 9.17) is 0 Å². The van der Waals surface area contributed by atoms with E-state index in [-0.39, 0.29) is 0 Å². The van der Waals surface area contributed by atoms with E-state index in [0.717, 1.165) is 12.8 Å². The number of esters is 1. The molecular weight excluding hydrogens is 228 g/mol. The number of carbonyl (C=O) groups excluding carboxylic acids is 1. The first-order valence-electron chi connectivity index (χ1n) is 7.48. The summed E-state index contributed by atoms with van der Waals surface area (Å²) in [5.74, 6) is -0.508. The van der Waals surface area contributed by atoms with Crippen molar-refractivity contribution < 1.29 is 14.6 Å². The van der Waals surface area contributed by atoms with E-state index in [1.165, 1.54) is 58.5 Å². The summed E-state index contributed by atoms with van der Waals surface area (Å²) in [5, 5.41) is 9.37. The van der Waals surface area contributed by atoms with Gasteiger partial charge in [-0.2, -0.15) is 0 Å². The lowest BCUT2D eigenvalue weighted by atomic mass is 10.0. The van der Waals surface area contributed by atoms with E-state index >= 15 is 0 Å². The van der Waals surface area contributed by atoms with Gasteiger partial charge in [0.15, 0.2) is 6.10 Å². The average molecular weight is 258 g/mol. The van der Waals surface area contributed by atoms with Gasteiger partial charge < -0.3 is 9.84 Å². The molecule has 0 aliphatic rings. The van der Waals surface area contributed by atoms with Crippen molar-refractivity contribution in [3.63, 3.8) is 0 Å². The molecule has 0 aromatic heterocycles. The Morgan fingerprint density at radius 3 is 1.83 bits per heavy atom. The lowest BCUT2D eigenvalue weighted by Crippen LogP contribution is -2.21. The number of hydrogen-bond acceptors (Lipinski definition) is 3. The van der Waals surface area contributed by atoms with Crippen LogP contribution >= 0.6 is 0 Å². The first kappa shape index (κ1) is 17.4. The lowest BCUT2D eigenvalue weighted by molar-refractivity contribution is -0.150. The maximum atomic E-state index is 10.9. The van der Waals surface area contributed by atoms with Gasteiger partial charge >= 0.3 is 5.97 Å². The fraction of sp³-hybridized carbons (Fsp3) is 0.933. The van der Waals surface area contributed by atoms with Crippen LogP contribution in [0.2, 0.25) is 0 Å². The van der Waals surface area contributed by atoms with Gasteiger partial charge in [-0.05, 0) is 6.42 Å². The minimum Gasteiger partial charge on any atom is -0.467 e. The average Bonchev–Trinajstić information content (AvgIpc) is 2.39. The number of methoxy groups -OCH3 is 1. The van der Waals surface area contributed by atoms with Crippen LogP contribution in [0.25, 0.3) is 0 Å². The zero-order valence-electron chi connectivity index (χ0n) is 12.1. The molecule has 3 heteroatoms. The SMILES string of the molecule is CCCCCCCCCCCC[C@H](O)C(=O)OC. The second-order valence-electron chi connectivity index (χ2n) is 5.01. The summed E-state index contributed by atoms with van der Waals surface area (Å²) in [5.41, 5.74) is 0. The highest BCUT2D eigenvalue weighted by atomic mass is 16.5. The van der Waals surface area contributed by atoms with E-state index in [1.54, 1.807) is 0 Å². The van der Waals surface area contributed by atoms with Crippen molar-refractivity contribution in [2.24, 2.45) is 0 Å². The van der Waals surface area contributed by atoms with Gasteiger partial charge in [0, 0.05) is 0 Å². The molecule has 0 bridgehead atoms. The summed E-state index contributed by atoms with van der Waals surface area (Å²) in [6.45, 7) is 2.24. The third-order valence-electron chi connectivity index (χ3n) is 3.30. The Morgan fingerprint density at radius 1 is 0.944 bits per heavy atom. The summed E-state index contributed by atoms with van der Waals surface area (Å²) in [6.07, 6.45) is 12.2. The van der Waals surface area contributed by atoms with Crippen molar-refractivity contribution >= 4 is 5.97 Å². The number of carbonyl (C=O) groups is 1. The van der Waals surface area contributed by atoms with Crippen molar-refractivity contribution in [3.05, 3.63) is 0 Å². The first-order chi connectivity index (χ1) is 8.72. The molecular formula is C15H30O3. The Morgan fingerprint density at radius 2 is 1.39 bits per heavy atom. The molecule has 0 aromatic carbocycles. The Labute approximate surface area is 112 Å². The molecule has 0 heterocycles. The van der Waals surface area contributed by atoms with E-state index < -0.39 is 12.1 Å². The van der Waals surface area contributed by atoms with Crippen LogP contribution < -0.4 is 0 Å². The van der Waals surface area contributed by atoms with E-state index in [1.807, 2.05) is 0 Å². The molecule has 18 heavy (non-hydrogen) atoms. The Balaban J connectivity index is 3.14. The lowest BCUT2D eigenvalue weighted by Gasteiger charge is -2.07. The van der Waals surface area contributed by atoms with Gasteiger partial charge in [0.05, 0.1) is 7.11 Å². The van der Waals surface area contributed by atoms with E-state index in [9.17, 15) is 9.90 Å². The molecule has 0 aliphatic carbocycles. The molecule has 0 radical (unpaired) electrons. The molecule has 0 unspecified atom stereocenters. The first-order valence-corrected chi connectivity index (χ1v) is 7.48. The van der Waals surface area contributed by atoms with Gasteiger partial charge in [0.25, 0.3) is 0 Å². The van der Waals surface area contributed by atoms with Crippen LogP contribution in [0.4, 0.5) is 0 Å². The minimum absolute atomic E-state index is 0.508. The summed E-state index contributed by atoms with van der Waals surface area (Å²) >= 11 is 0. The number of unbranched alkanes of at least 4 members (excludes halogenated alkanes) is 9. The Hall–Kier alpha value is -0.570. The molecule has 0 fully saturated rings. The third-order valence-corrected chi connectivity index (χ3v) is 3.30. The molecule has 0 rings (SSSR count). The topological polar surface area (TPSA) is 46.5 Å². The quantitative estimate of drug-likeness (QED) is 0.427. The highest BCUT2D eigenvalue weighted by molar-refractivity contribution is 5.74. The summed E-state index contributed by atoms with van der Waals surface area (Å²) in [4.78, 5) is 10.9. The predicted octanol–water partition coefficient (Wildman–Crippen LogP) is 3.83. The number of hydrogen-bond donors (Lipinski definition) is 1. The molecule has 0 aliphatic heterocycles. The van der Waals surface area contributed by atoms with E-state index in [0.29, 0.717) is 6.42 Å². The molecule has 0 amide bonds. The highest BCUT2D eigenvalue weighted by Crippen LogP contribution is 2.12. The van der Waals surface area contributed by atoms with Gasteiger partial charge in [-0.1, -0.05) is 71.1 Å². The molecule has 1 N–H and O–H groups in total. The van der Waals surface area contributed by atoms with Crippen LogP contribution in [0, 0.1) is 0 Å². The Kier molecular flexibility index (Phi) is 12.5. The maximum Gasteiger partial charge on any atom is 0.334 e. The zero-order chi connectivity index (χ0) is 13.6. The number of aliphatic hydroxyl groups is 1. The smallest absolute Gasteiger partial charge is 0.334 e. The fourth-order valence-corrected chi connectivity index (χ4v) is 2.08. The summed E-state index contributed by atoms with van der Waals surface area (Å²) in [6, 6.07) is 0. The van der Waals surface area contributed by atoms with Crippen molar-refractivity contribution in [3.8, 4) is 0 Å². The molecule has 0 aromatic rings. The molecule has 0 saturated carbocycles. The highest BCUT2D eigenvalue weighted by Gasteiger charge is 2.13. The molecule has 108 valence electrons. The number of ether oxygens (including phenoxy) is 1. The largest absolute Gasteiger partial charge is 0.467 e. The molecule has 3 nitrogen and oxygen atoms in total. The molecule has 0 spiro atoms. The number of aliphatic hydroxyl groups excluding tert-OH is 1. The van der Waals surface area contributed by atoms with Gasteiger partial charge in [-0.15, -0.1) is 0 Å². The van der Waals surface area contributed by atoms with Crippen molar-refractivity contribution in [1.29, 1.82) is 0 Å². The van der Waals surface area contributed by atoms with Gasteiger partial charge in [-0.3, -0.25) is 0 Å². The van der Waals surface area contributed by atoms with Gasteiger partial charge in [-0.25, -0.2) is 4.79 Å². The monoisotopic (exact) mass is 258 g/mol. The predicted molar refractivity (Wildman–Crippen MR) is 74.5 cm³/mol. The van der Waals surface area contributed by atoms with Crippen LogP contribution in [0.3, 0.4) is 0 Å². The molecule has 1 atom stereocenters. The second-order valence-corrected chi connectivity index (χ2v) is 5.01. The summed E-state index contributed by atoms with van der Waals surface area (Å²) < 4.78 is 4.47. The van der Waals surface area contributed by atoms with E-state index in [2.05, 4.69) is 11.7 Å². The minimum atomic E-state index is -0.927. The second kappa shape index (κ2) is 12.9. The van der Waals surface area contributed by atoms with Crippen LogP contribution in [0.1, 0.15) is 77.6 Å². The van der Waals surface area contributed by atoms with Crippen molar-refractivity contribution in [2.45, 2.75) is 83.7 Å². The standard InChI is InChI=1S/C15H30O3/c1-3-4-5-6-7-8-9-10-11-12-13-14(16)15(17)18-2/h14,16H,3-13H2,1-2H3/t14-/m0/s1. The summed E-state index contributed by atoms with van der Waals surface area (Å²) in [7, 11) is 1.31. The third kappa shape index (κ3) is 10.6. The molecule has 0 saturated heterocycles. The normalized spacial score (nSPS) is 12.4. The van der Waals surface area contributed by atoms with Gasteiger partial charge in [0.2, 0.25) is 0 Å².